The van der Waals surface area contributed by atoms with E-state index in [9.17, 15) is 0 Å². The first-order valence-electron chi connectivity index (χ1n) is 6.10. The highest BCUT2D eigenvalue weighted by Gasteiger charge is 2.26. The highest BCUT2D eigenvalue weighted by atomic mass is 32.2. The maximum atomic E-state index is 7.71. The van der Waals surface area contributed by atoms with Crippen molar-refractivity contribution in [2.45, 2.75) is 43.4 Å². The van der Waals surface area contributed by atoms with Crippen LogP contribution in [0, 0.1) is 19.3 Å². The number of aryl methyl sites for hydroxylation is 2. The summed E-state index contributed by atoms with van der Waals surface area (Å²) < 4.78 is 5.58. The van der Waals surface area contributed by atoms with Crippen LogP contribution in [-0.2, 0) is 4.74 Å². The van der Waals surface area contributed by atoms with Crippen LogP contribution < -0.4 is 5.73 Å². The summed E-state index contributed by atoms with van der Waals surface area (Å²) in [6.45, 7) is 6.79. The normalized spacial score (nSPS) is 23.3. The van der Waals surface area contributed by atoms with Crippen LogP contribution in [0.15, 0.2) is 11.0 Å². The summed E-state index contributed by atoms with van der Waals surface area (Å²) in [5.74, 6) is 0.0917. The monoisotopic (exact) mass is 265 g/mol. The quantitative estimate of drug-likeness (QED) is 0.649. The SMILES string of the molecule is Cc1cc(SC2CCOC2C)c(C(=N)N)c(C)n1. The van der Waals surface area contributed by atoms with Gasteiger partial charge in [-0.3, -0.25) is 10.4 Å². The standard InChI is InChI=1S/C13H19N3OS/c1-7-6-11(12(13(14)15)8(2)16-7)18-10-4-5-17-9(10)3/h6,9-10H,4-5H2,1-3H3,(H3,14,15). The highest BCUT2D eigenvalue weighted by molar-refractivity contribution is 8.00. The lowest BCUT2D eigenvalue weighted by atomic mass is 10.1. The smallest absolute Gasteiger partial charge is 0.125 e. The number of nitrogen functional groups attached to an aromatic ring is 1. The molecule has 0 aromatic carbocycles. The number of aromatic nitrogens is 1. The lowest BCUT2D eigenvalue weighted by Crippen LogP contribution is -2.18. The Balaban J connectivity index is 2.33. The van der Waals surface area contributed by atoms with Crippen molar-refractivity contribution in [2.24, 2.45) is 5.73 Å². The zero-order valence-corrected chi connectivity index (χ0v) is 11.8. The zero-order chi connectivity index (χ0) is 13.3. The van der Waals surface area contributed by atoms with Gasteiger partial charge in [0.05, 0.1) is 11.7 Å². The maximum absolute atomic E-state index is 7.71. The van der Waals surface area contributed by atoms with Crippen molar-refractivity contribution < 1.29 is 4.74 Å². The Morgan fingerprint density at radius 2 is 2.28 bits per heavy atom. The Kier molecular flexibility index (Phi) is 3.92. The maximum Gasteiger partial charge on any atom is 0.125 e. The number of pyridine rings is 1. The van der Waals surface area contributed by atoms with E-state index in [-0.39, 0.29) is 11.9 Å². The fourth-order valence-corrected chi connectivity index (χ4v) is 3.67. The van der Waals surface area contributed by atoms with Crippen molar-refractivity contribution >= 4 is 17.6 Å². The molecule has 0 radical (unpaired) electrons. The minimum atomic E-state index is 0.0917. The number of nitrogens with zero attached hydrogens (tertiary/aromatic N) is 1. The van der Waals surface area contributed by atoms with Crippen LogP contribution in [0.25, 0.3) is 0 Å². The lowest BCUT2D eigenvalue weighted by Gasteiger charge is -2.17. The molecular weight excluding hydrogens is 246 g/mol. The van der Waals surface area contributed by atoms with E-state index < -0.39 is 0 Å². The van der Waals surface area contributed by atoms with Gasteiger partial charge < -0.3 is 10.5 Å². The largest absolute Gasteiger partial charge is 0.384 e. The molecule has 3 N–H and O–H groups in total. The molecule has 2 atom stereocenters. The van der Waals surface area contributed by atoms with Crippen LogP contribution in [0.3, 0.4) is 0 Å². The van der Waals surface area contributed by atoms with Gasteiger partial charge in [-0.1, -0.05) is 0 Å². The Morgan fingerprint density at radius 3 is 2.83 bits per heavy atom. The third kappa shape index (κ3) is 2.67. The minimum Gasteiger partial charge on any atom is -0.384 e. The molecule has 1 aromatic heterocycles. The molecule has 1 saturated heterocycles. The number of ether oxygens (including phenoxy) is 1. The molecule has 0 spiro atoms. The van der Waals surface area contributed by atoms with E-state index >= 15 is 0 Å². The van der Waals surface area contributed by atoms with Gasteiger partial charge in [0.1, 0.15) is 5.84 Å². The van der Waals surface area contributed by atoms with Gasteiger partial charge in [-0.05, 0) is 33.3 Å². The van der Waals surface area contributed by atoms with E-state index in [4.69, 9.17) is 15.9 Å². The summed E-state index contributed by atoms with van der Waals surface area (Å²) in [6, 6.07) is 2.01. The average Bonchev–Trinajstić information content (AvgIpc) is 2.62. The molecule has 1 aliphatic rings. The molecule has 2 heterocycles. The van der Waals surface area contributed by atoms with Crippen LogP contribution >= 0.6 is 11.8 Å². The number of thioether (sulfide) groups is 1. The van der Waals surface area contributed by atoms with E-state index in [1.165, 1.54) is 0 Å². The molecule has 0 bridgehead atoms. The molecule has 1 aromatic rings. The molecule has 2 unspecified atom stereocenters. The molecule has 0 saturated carbocycles. The molecule has 0 amide bonds. The van der Waals surface area contributed by atoms with Crippen molar-refractivity contribution in [3.63, 3.8) is 0 Å². The Hall–Kier alpha value is -1.07. The summed E-state index contributed by atoms with van der Waals surface area (Å²) in [5.41, 5.74) is 8.24. The molecular formula is C13H19N3OS. The van der Waals surface area contributed by atoms with Crippen LogP contribution in [0.5, 0.6) is 0 Å². The predicted molar refractivity (Wildman–Crippen MR) is 74.4 cm³/mol. The second-order valence-electron chi connectivity index (χ2n) is 4.66. The van der Waals surface area contributed by atoms with Gasteiger partial charge >= 0.3 is 0 Å². The van der Waals surface area contributed by atoms with Crippen molar-refractivity contribution in [2.75, 3.05) is 6.61 Å². The van der Waals surface area contributed by atoms with Crippen LogP contribution in [0.4, 0.5) is 0 Å². The third-order valence-corrected chi connectivity index (χ3v) is 4.64. The average molecular weight is 265 g/mol. The minimum absolute atomic E-state index is 0.0917. The number of nitrogens with two attached hydrogens (primary N) is 1. The molecule has 0 aliphatic carbocycles. The van der Waals surface area contributed by atoms with Gasteiger partial charge in [-0.25, -0.2) is 0 Å². The van der Waals surface area contributed by atoms with Gasteiger partial charge in [0.2, 0.25) is 0 Å². The first-order valence-corrected chi connectivity index (χ1v) is 6.98. The first-order chi connectivity index (χ1) is 8.49. The van der Waals surface area contributed by atoms with E-state index in [0.29, 0.717) is 5.25 Å². The molecule has 5 heteroatoms. The first kappa shape index (κ1) is 13.4. The van der Waals surface area contributed by atoms with Gasteiger partial charge in [0, 0.05) is 28.1 Å². The van der Waals surface area contributed by atoms with Gasteiger partial charge in [0.25, 0.3) is 0 Å². The molecule has 2 rings (SSSR count). The second-order valence-corrected chi connectivity index (χ2v) is 5.94. The number of hydrogen-bond acceptors (Lipinski definition) is 4. The van der Waals surface area contributed by atoms with Gasteiger partial charge in [-0.15, -0.1) is 11.8 Å². The lowest BCUT2D eigenvalue weighted by molar-refractivity contribution is 0.127. The van der Waals surface area contributed by atoms with E-state index in [1.54, 1.807) is 11.8 Å². The summed E-state index contributed by atoms with van der Waals surface area (Å²) in [4.78, 5) is 5.43. The molecule has 4 nitrogen and oxygen atoms in total. The Bertz CT molecular complexity index is 476. The van der Waals surface area contributed by atoms with Crippen LogP contribution in [-0.4, -0.2) is 28.8 Å². The number of hydrogen-bond donors (Lipinski definition) is 2. The fraction of sp³-hybridized carbons (Fsp3) is 0.538. The van der Waals surface area contributed by atoms with Crippen LogP contribution in [0.1, 0.15) is 30.3 Å². The predicted octanol–water partition coefficient (Wildman–Crippen LogP) is 2.25. The highest BCUT2D eigenvalue weighted by Crippen LogP contribution is 2.35. The van der Waals surface area contributed by atoms with E-state index in [1.807, 2.05) is 19.9 Å². The second kappa shape index (κ2) is 5.28. The van der Waals surface area contributed by atoms with Crippen molar-refractivity contribution in [3.05, 3.63) is 23.0 Å². The summed E-state index contributed by atoms with van der Waals surface area (Å²) in [6.07, 6.45) is 1.30. The van der Waals surface area contributed by atoms with E-state index in [0.717, 1.165) is 34.9 Å². The number of amidine groups is 1. The molecule has 1 aliphatic heterocycles. The Labute approximate surface area is 112 Å². The Morgan fingerprint density at radius 1 is 1.56 bits per heavy atom. The van der Waals surface area contributed by atoms with Crippen LogP contribution in [0.2, 0.25) is 0 Å². The summed E-state index contributed by atoms with van der Waals surface area (Å²) >= 11 is 1.76. The van der Waals surface area contributed by atoms with Gasteiger partial charge in [-0.2, -0.15) is 0 Å². The van der Waals surface area contributed by atoms with Crippen molar-refractivity contribution in [1.82, 2.24) is 4.98 Å². The summed E-state index contributed by atoms with van der Waals surface area (Å²) in [5, 5.41) is 8.14. The van der Waals surface area contributed by atoms with Gasteiger partial charge in [0.15, 0.2) is 0 Å². The molecule has 1 fully saturated rings. The molecule has 98 valence electrons. The number of nitrogens with one attached hydrogen (secondary N) is 1. The fourth-order valence-electron chi connectivity index (χ4n) is 2.24. The molecule has 18 heavy (non-hydrogen) atoms. The van der Waals surface area contributed by atoms with Crippen molar-refractivity contribution in [1.29, 1.82) is 5.41 Å². The topological polar surface area (TPSA) is 72.0 Å². The van der Waals surface area contributed by atoms with Crippen molar-refractivity contribution in [3.8, 4) is 0 Å². The summed E-state index contributed by atoms with van der Waals surface area (Å²) in [7, 11) is 0. The number of rotatable bonds is 3. The third-order valence-electron chi connectivity index (χ3n) is 3.15. The zero-order valence-electron chi connectivity index (χ0n) is 11.0. The van der Waals surface area contributed by atoms with E-state index in [2.05, 4.69) is 11.9 Å².